The third-order valence-electron chi connectivity index (χ3n) is 1.54. The maximum atomic E-state index is 8.94. The van der Waals surface area contributed by atoms with Crippen molar-refractivity contribution in [3.63, 3.8) is 0 Å². The molecule has 1 heterocycles. The van der Waals surface area contributed by atoms with Crippen molar-refractivity contribution in [2.45, 2.75) is 9.33 Å². The van der Waals surface area contributed by atoms with Crippen molar-refractivity contribution in [2.75, 3.05) is 13.2 Å². The van der Waals surface area contributed by atoms with Crippen LogP contribution in [0.1, 0.15) is 0 Å². The molecular formula is C7H6Cl3NO2. The van der Waals surface area contributed by atoms with E-state index >= 15 is 0 Å². The van der Waals surface area contributed by atoms with Crippen LogP contribution in [0.3, 0.4) is 0 Å². The number of hydrogen-bond acceptors (Lipinski definition) is 3. The molecule has 1 atom stereocenters. The minimum absolute atomic E-state index is 0.0310. The molecule has 0 saturated heterocycles. The monoisotopic (exact) mass is 241 g/mol. The number of nitrogens with zero attached hydrogens (tertiary/aromatic N) is 1. The summed E-state index contributed by atoms with van der Waals surface area (Å²) in [4.78, 5) is 3.84. The Morgan fingerprint density at radius 1 is 1.69 bits per heavy atom. The van der Waals surface area contributed by atoms with Crippen LogP contribution in [-0.4, -0.2) is 33.5 Å². The van der Waals surface area contributed by atoms with E-state index in [9.17, 15) is 0 Å². The molecule has 0 fully saturated rings. The minimum Gasteiger partial charge on any atom is -0.474 e. The van der Waals surface area contributed by atoms with Crippen molar-refractivity contribution in [3.8, 4) is 12.3 Å². The van der Waals surface area contributed by atoms with Gasteiger partial charge in [-0.25, -0.2) is 4.99 Å². The third-order valence-corrected chi connectivity index (χ3v) is 2.02. The van der Waals surface area contributed by atoms with E-state index in [0.717, 1.165) is 0 Å². The molecule has 1 aliphatic heterocycles. The average Bonchev–Trinajstić information content (AvgIpc) is 2.48. The van der Waals surface area contributed by atoms with Gasteiger partial charge in [-0.3, -0.25) is 0 Å². The molecule has 0 aliphatic carbocycles. The number of aliphatic hydroxyl groups is 1. The predicted octanol–water partition coefficient (Wildman–Crippen LogP) is 1.15. The van der Waals surface area contributed by atoms with Crippen LogP contribution in [0.4, 0.5) is 0 Å². The van der Waals surface area contributed by atoms with E-state index < -0.39 is 9.33 Å². The van der Waals surface area contributed by atoms with Gasteiger partial charge < -0.3 is 9.84 Å². The Kier molecular flexibility index (Phi) is 2.98. The largest absolute Gasteiger partial charge is 0.474 e. The average molecular weight is 242 g/mol. The molecular weight excluding hydrogens is 236 g/mol. The Bertz CT molecular complexity index is 278. The Morgan fingerprint density at radius 3 is 2.54 bits per heavy atom. The van der Waals surface area contributed by atoms with Crippen molar-refractivity contribution in [2.24, 2.45) is 4.99 Å². The second-order valence-electron chi connectivity index (χ2n) is 2.54. The molecule has 72 valence electrons. The standard InChI is InChI=1S/C7H6Cl3NO2/c1-2-6(3-12)4-13-5(11-6)7(8,9)10/h1,12H,3-4H2/t6-/m1/s1. The van der Waals surface area contributed by atoms with Crippen LogP contribution in [0.5, 0.6) is 0 Å². The van der Waals surface area contributed by atoms with E-state index in [1.54, 1.807) is 0 Å². The second kappa shape index (κ2) is 3.55. The lowest BCUT2D eigenvalue weighted by molar-refractivity contribution is 0.192. The van der Waals surface area contributed by atoms with Crippen LogP contribution in [0.15, 0.2) is 4.99 Å². The van der Waals surface area contributed by atoms with Crippen molar-refractivity contribution < 1.29 is 9.84 Å². The highest BCUT2D eigenvalue weighted by Crippen LogP contribution is 2.33. The van der Waals surface area contributed by atoms with E-state index in [4.69, 9.17) is 51.1 Å². The van der Waals surface area contributed by atoms with Gasteiger partial charge in [-0.2, -0.15) is 0 Å². The second-order valence-corrected chi connectivity index (χ2v) is 4.82. The lowest BCUT2D eigenvalue weighted by Crippen LogP contribution is -2.30. The Hall–Kier alpha value is -0.140. The third kappa shape index (κ3) is 2.21. The molecule has 1 rings (SSSR count). The highest BCUT2D eigenvalue weighted by Gasteiger charge is 2.42. The van der Waals surface area contributed by atoms with Crippen molar-refractivity contribution in [3.05, 3.63) is 0 Å². The van der Waals surface area contributed by atoms with Gasteiger partial charge in [-0.05, 0) is 0 Å². The molecule has 0 aromatic rings. The molecule has 6 heteroatoms. The summed E-state index contributed by atoms with van der Waals surface area (Å²) < 4.78 is 3.24. The highest BCUT2D eigenvalue weighted by molar-refractivity contribution is 6.76. The molecule has 3 nitrogen and oxygen atoms in total. The molecule has 0 saturated carbocycles. The lowest BCUT2D eigenvalue weighted by atomic mass is 10.1. The van der Waals surface area contributed by atoms with Gasteiger partial charge in [0, 0.05) is 0 Å². The fraction of sp³-hybridized carbons (Fsp3) is 0.571. The van der Waals surface area contributed by atoms with E-state index in [1.165, 1.54) is 0 Å². The fourth-order valence-corrected chi connectivity index (χ4v) is 1.08. The summed E-state index contributed by atoms with van der Waals surface area (Å²) in [5.74, 6) is 2.21. The molecule has 0 bridgehead atoms. The highest BCUT2D eigenvalue weighted by atomic mass is 35.6. The first-order valence-electron chi connectivity index (χ1n) is 3.32. The zero-order chi connectivity index (χ0) is 10.1. The van der Waals surface area contributed by atoms with Crippen molar-refractivity contribution in [1.29, 1.82) is 0 Å². The summed E-state index contributed by atoms with van der Waals surface area (Å²) in [5.41, 5.74) is -1.10. The lowest BCUT2D eigenvalue weighted by Gasteiger charge is -2.11. The number of ether oxygens (including phenoxy) is 1. The maximum Gasteiger partial charge on any atom is 0.266 e. The number of halogens is 3. The van der Waals surface area contributed by atoms with Gasteiger partial charge in [0.25, 0.3) is 3.79 Å². The molecule has 0 aromatic carbocycles. The van der Waals surface area contributed by atoms with Crippen LogP contribution >= 0.6 is 34.8 Å². The van der Waals surface area contributed by atoms with E-state index in [1.807, 2.05) is 0 Å². The summed E-state index contributed by atoms with van der Waals surface area (Å²) in [6.45, 7) is -0.309. The van der Waals surface area contributed by atoms with Gasteiger partial charge >= 0.3 is 0 Å². The first kappa shape index (κ1) is 10.9. The maximum absolute atomic E-state index is 8.94. The van der Waals surface area contributed by atoms with E-state index in [2.05, 4.69) is 10.9 Å². The fourth-order valence-electron chi connectivity index (χ4n) is 0.792. The molecule has 0 unspecified atom stereocenters. The number of aliphatic imine (C=N–C) groups is 1. The van der Waals surface area contributed by atoms with Gasteiger partial charge in [-0.15, -0.1) is 6.42 Å². The van der Waals surface area contributed by atoms with Gasteiger partial charge in [0.1, 0.15) is 6.61 Å². The van der Waals surface area contributed by atoms with Crippen LogP contribution in [0.25, 0.3) is 0 Å². The normalized spacial score (nSPS) is 27.8. The number of hydrogen-bond donors (Lipinski definition) is 1. The molecule has 0 aromatic heterocycles. The molecule has 0 spiro atoms. The zero-order valence-corrected chi connectivity index (χ0v) is 8.70. The number of rotatable bonds is 1. The summed E-state index contributed by atoms with van der Waals surface area (Å²) in [5, 5.41) is 8.94. The van der Waals surface area contributed by atoms with Crippen LogP contribution in [-0.2, 0) is 4.74 Å². The van der Waals surface area contributed by atoms with Crippen LogP contribution in [0.2, 0.25) is 0 Å². The minimum atomic E-state index is -1.73. The van der Waals surface area contributed by atoms with Crippen molar-refractivity contribution in [1.82, 2.24) is 0 Å². The molecule has 0 amide bonds. The van der Waals surface area contributed by atoms with E-state index in [0.29, 0.717) is 0 Å². The Balaban J connectivity index is 2.92. The Morgan fingerprint density at radius 2 is 2.31 bits per heavy atom. The molecule has 1 N–H and O–H groups in total. The molecule has 13 heavy (non-hydrogen) atoms. The quantitative estimate of drug-likeness (QED) is 0.554. The number of terminal acetylenes is 1. The molecule has 1 aliphatic rings. The summed E-state index contributed by atoms with van der Waals surface area (Å²) in [6, 6.07) is 0. The first-order chi connectivity index (χ1) is 5.93. The smallest absolute Gasteiger partial charge is 0.266 e. The van der Waals surface area contributed by atoms with Gasteiger partial charge in [-0.1, -0.05) is 40.7 Å². The zero-order valence-electron chi connectivity index (χ0n) is 6.43. The van der Waals surface area contributed by atoms with E-state index in [-0.39, 0.29) is 19.1 Å². The summed E-state index contributed by atoms with van der Waals surface area (Å²) in [7, 11) is 0. The Labute approximate surface area is 90.6 Å². The first-order valence-corrected chi connectivity index (χ1v) is 4.45. The predicted molar refractivity (Wildman–Crippen MR) is 52.3 cm³/mol. The number of alkyl halides is 3. The van der Waals surface area contributed by atoms with Crippen LogP contribution < -0.4 is 0 Å². The summed E-state index contributed by atoms with van der Waals surface area (Å²) in [6.07, 6.45) is 5.16. The van der Waals surface area contributed by atoms with Gasteiger partial charge in [0.05, 0.1) is 6.61 Å². The van der Waals surface area contributed by atoms with Crippen molar-refractivity contribution >= 4 is 40.7 Å². The molecule has 0 radical (unpaired) electrons. The SMILES string of the molecule is C#C[C@@]1(CO)COC(C(Cl)(Cl)Cl)=N1. The number of aliphatic hydroxyl groups excluding tert-OH is 1. The van der Waals surface area contributed by atoms with Crippen LogP contribution in [0, 0.1) is 12.3 Å². The topological polar surface area (TPSA) is 41.8 Å². The van der Waals surface area contributed by atoms with Gasteiger partial charge in [0.15, 0.2) is 5.54 Å². The van der Waals surface area contributed by atoms with Gasteiger partial charge in [0.2, 0.25) is 5.90 Å². The summed E-state index contributed by atoms with van der Waals surface area (Å²) >= 11 is 16.5.